The average Bonchev–Trinajstić information content (AvgIpc) is 2.66. The summed E-state index contributed by atoms with van der Waals surface area (Å²) in [6.45, 7) is 1.09. The van der Waals surface area contributed by atoms with E-state index in [2.05, 4.69) is 15.3 Å². The maximum absolute atomic E-state index is 13.5. The molecule has 0 aliphatic heterocycles. The van der Waals surface area contributed by atoms with Gasteiger partial charge in [-0.15, -0.1) is 0 Å². The van der Waals surface area contributed by atoms with Crippen molar-refractivity contribution >= 4 is 22.0 Å². The van der Waals surface area contributed by atoms with E-state index in [1.54, 1.807) is 4.72 Å². The van der Waals surface area contributed by atoms with Crippen molar-refractivity contribution in [1.29, 1.82) is 0 Å². The van der Waals surface area contributed by atoms with Gasteiger partial charge in [0.15, 0.2) is 0 Å². The Labute approximate surface area is 160 Å². The van der Waals surface area contributed by atoms with Crippen LogP contribution in [0.15, 0.2) is 35.2 Å². The first-order valence-corrected chi connectivity index (χ1v) is 9.38. The molecule has 2 aromatic rings. The molecule has 0 spiro atoms. The number of aliphatic hydroxyl groups excluding tert-OH is 1. The fraction of sp³-hybridized carbons (Fsp3) is 0.312. The van der Waals surface area contributed by atoms with Crippen molar-refractivity contribution in [2.24, 2.45) is 0 Å². The molecule has 0 radical (unpaired) electrons. The van der Waals surface area contributed by atoms with Crippen LogP contribution in [0.4, 0.5) is 15.1 Å². The molecule has 0 aliphatic carbocycles. The number of methoxy groups -OCH3 is 2. The van der Waals surface area contributed by atoms with Crippen molar-refractivity contribution in [1.82, 2.24) is 14.7 Å². The summed E-state index contributed by atoms with van der Waals surface area (Å²) in [6, 6.07) is 5.39. The number of amides is 2. The second-order valence-corrected chi connectivity index (χ2v) is 7.15. The lowest BCUT2D eigenvalue weighted by molar-refractivity contribution is 0.0859. The van der Waals surface area contributed by atoms with Crippen molar-refractivity contribution in [3.05, 3.63) is 35.9 Å². The molecule has 1 aromatic heterocycles. The summed E-state index contributed by atoms with van der Waals surface area (Å²) in [6.07, 6.45) is -3.40. The number of carbonyl (C=O) groups is 1. The number of anilines is 1. The van der Waals surface area contributed by atoms with Crippen molar-refractivity contribution in [3.8, 4) is 11.8 Å². The molecular weight excluding hydrogens is 395 g/mol. The zero-order valence-electron chi connectivity index (χ0n) is 15.2. The maximum atomic E-state index is 13.5. The summed E-state index contributed by atoms with van der Waals surface area (Å²) in [5.41, 5.74) is -0.183. The average molecular weight is 414 g/mol. The first-order valence-electron chi connectivity index (χ1n) is 7.90. The van der Waals surface area contributed by atoms with Crippen LogP contribution in [-0.2, 0) is 10.0 Å². The van der Waals surface area contributed by atoms with Crippen LogP contribution in [-0.4, -0.2) is 49.9 Å². The standard InChI is InChI=1S/C16H19FN4O6S/c1-9(17)14(22)10-6-4-5-7-11(10)28(24,25)21-16(23)20-15-18-12(26-2)8-13(19-15)27-3/h4-9,14,22H,1-3H3,(H2,18,19,20,21,23)/t9-,14-/m0/s1. The third-order valence-electron chi connectivity index (χ3n) is 3.51. The lowest BCUT2D eigenvalue weighted by Gasteiger charge is -2.17. The Kier molecular flexibility index (Phi) is 6.70. The van der Waals surface area contributed by atoms with Crippen LogP contribution < -0.4 is 19.5 Å². The number of aromatic nitrogens is 2. The monoisotopic (exact) mass is 414 g/mol. The quantitative estimate of drug-likeness (QED) is 0.618. The third kappa shape index (κ3) is 5.04. The van der Waals surface area contributed by atoms with Crippen LogP contribution in [0.5, 0.6) is 11.8 Å². The minimum absolute atomic E-state index is 0.0791. The van der Waals surface area contributed by atoms with E-state index in [4.69, 9.17) is 9.47 Å². The van der Waals surface area contributed by atoms with Gasteiger partial charge in [-0.2, -0.15) is 9.97 Å². The number of benzene rings is 1. The molecule has 2 amide bonds. The normalized spacial score (nSPS) is 13.3. The Morgan fingerprint density at radius 1 is 1.18 bits per heavy atom. The Balaban J connectivity index is 2.25. The number of hydrogen-bond acceptors (Lipinski definition) is 8. The van der Waals surface area contributed by atoms with Crippen LogP contribution >= 0.6 is 0 Å². The number of nitrogens with one attached hydrogen (secondary N) is 2. The molecule has 0 bridgehead atoms. The summed E-state index contributed by atoms with van der Waals surface area (Å²) in [5, 5.41) is 12.1. The van der Waals surface area contributed by atoms with Crippen molar-refractivity contribution in [2.75, 3.05) is 19.5 Å². The number of sulfonamides is 1. The molecule has 1 heterocycles. The van der Waals surface area contributed by atoms with Crippen LogP contribution in [0, 0.1) is 0 Å². The highest BCUT2D eigenvalue weighted by Gasteiger charge is 2.27. The van der Waals surface area contributed by atoms with Gasteiger partial charge in [-0.3, -0.25) is 5.32 Å². The molecule has 0 aliphatic rings. The van der Waals surface area contributed by atoms with E-state index in [9.17, 15) is 22.7 Å². The number of carbonyl (C=O) groups excluding carboxylic acids is 1. The van der Waals surface area contributed by atoms with Crippen molar-refractivity contribution in [2.45, 2.75) is 24.1 Å². The van der Waals surface area contributed by atoms with Crippen LogP contribution in [0.1, 0.15) is 18.6 Å². The fourth-order valence-corrected chi connectivity index (χ4v) is 3.35. The number of halogens is 1. The highest BCUT2D eigenvalue weighted by Crippen LogP contribution is 2.26. The van der Waals surface area contributed by atoms with E-state index in [1.165, 1.54) is 38.5 Å². The lowest BCUT2D eigenvalue weighted by atomic mass is 10.1. The second kappa shape index (κ2) is 8.80. The largest absolute Gasteiger partial charge is 0.481 e. The number of urea groups is 1. The third-order valence-corrected chi connectivity index (χ3v) is 4.92. The Hall–Kier alpha value is -2.99. The summed E-state index contributed by atoms with van der Waals surface area (Å²) in [7, 11) is -1.75. The molecule has 1 aromatic carbocycles. The zero-order chi connectivity index (χ0) is 20.9. The minimum atomic E-state index is -4.43. The van der Waals surface area contributed by atoms with E-state index >= 15 is 0 Å². The molecule has 10 nitrogen and oxygen atoms in total. The Bertz CT molecular complexity index is 932. The van der Waals surface area contributed by atoms with Gasteiger partial charge in [-0.25, -0.2) is 22.3 Å². The van der Waals surface area contributed by atoms with Crippen molar-refractivity contribution in [3.63, 3.8) is 0 Å². The number of rotatable bonds is 7. The van der Waals surface area contributed by atoms with Crippen LogP contribution in [0.25, 0.3) is 0 Å². The Morgan fingerprint density at radius 3 is 2.29 bits per heavy atom. The molecule has 0 saturated heterocycles. The molecular formula is C16H19FN4O6S. The van der Waals surface area contributed by atoms with E-state index in [-0.39, 0.29) is 23.3 Å². The number of alkyl halides is 1. The predicted molar refractivity (Wildman–Crippen MR) is 96.4 cm³/mol. The van der Waals surface area contributed by atoms with Gasteiger partial charge in [0.2, 0.25) is 17.7 Å². The molecule has 2 rings (SSSR count). The van der Waals surface area contributed by atoms with Gasteiger partial charge in [-0.05, 0) is 13.0 Å². The molecule has 152 valence electrons. The molecule has 12 heteroatoms. The zero-order valence-corrected chi connectivity index (χ0v) is 16.0. The van der Waals surface area contributed by atoms with Gasteiger partial charge in [0.05, 0.1) is 25.2 Å². The molecule has 0 fully saturated rings. The van der Waals surface area contributed by atoms with Crippen LogP contribution in [0.3, 0.4) is 0 Å². The van der Waals surface area contributed by atoms with E-state index < -0.39 is 33.2 Å². The predicted octanol–water partition coefficient (Wildman–Crippen LogP) is 1.40. The van der Waals surface area contributed by atoms with Gasteiger partial charge in [-0.1, -0.05) is 18.2 Å². The first-order chi connectivity index (χ1) is 13.2. The molecule has 0 unspecified atom stereocenters. The number of nitrogens with zero attached hydrogens (tertiary/aromatic N) is 2. The number of aliphatic hydroxyl groups is 1. The fourth-order valence-electron chi connectivity index (χ4n) is 2.19. The molecule has 2 atom stereocenters. The SMILES string of the molecule is COc1cc(OC)nc(NC(=O)NS(=O)(=O)c2ccccc2[C@@H](O)[C@H](C)F)n1. The van der Waals surface area contributed by atoms with E-state index in [1.807, 2.05) is 0 Å². The van der Waals surface area contributed by atoms with Gasteiger partial charge in [0.25, 0.3) is 10.0 Å². The summed E-state index contributed by atoms with van der Waals surface area (Å²) >= 11 is 0. The van der Waals surface area contributed by atoms with E-state index in [0.717, 1.165) is 13.0 Å². The first kappa shape index (κ1) is 21.3. The topological polar surface area (TPSA) is 140 Å². The highest BCUT2D eigenvalue weighted by molar-refractivity contribution is 7.90. The minimum Gasteiger partial charge on any atom is -0.481 e. The molecule has 28 heavy (non-hydrogen) atoms. The highest BCUT2D eigenvalue weighted by atomic mass is 32.2. The smallest absolute Gasteiger partial charge is 0.335 e. The summed E-state index contributed by atoms with van der Waals surface area (Å²) in [4.78, 5) is 19.4. The number of ether oxygens (including phenoxy) is 2. The molecule has 3 N–H and O–H groups in total. The van der Waals surface area contributed by atoms with Gasteiger partial charge >= 0.3 is 6.03 Å². The van der Waals surface area contributed by atoms with Gasteiger partial charge in [0, 0.05) is 5.56 Å². The van der Waals surface area contributed by atoms with Crippen LogP contribution in [0.2, 0.25) is 0 Å². The second-order valence-electron chi connectivity index (χ2n) is 5.50. The lowest BCUT2D eigenvalue weighted by Crippen LogP contribution is -2.35. The number of hydrogen-bond donors (Lipinski definition) is 3. The van der Waals surface area contributed by atoms with Gasteiger partial charge < -0.3 is 14.6 Å². The Morgan fingerprint density at radius 2 is 1.75 bits per heavy atom. The molecule has 0 saturated carbocycles. The van der Waals surface area contributed by atoms with E-state index in [0.29, 0.717) is 0 Å². The summed E-state index contributed by atoms with van der Waals surface area (Å²) < 4.78 is 50.1. The van der Waals surface area contributed by atoms with Gasteiger partial charge in [0.1, 0.15) is 12.3 Å². The van der Waals surface area contributed by atoms with Crippen molar-refractivity contribution < 1.29 is 32.2 Å². The maximum Gasteiger partial charge on any atom is 0.335 e. The summed E-state index contributed by atoms with van der Waals surface area (Å²) in [5.74, 6) is -0.111.